The fourth-order valence-electron chi connectivity index (χ4n) is 1.53. The van der Waals surface area contributed by atoms with E-state index in [2.05, 4.69) is 36.1 Å². The molecule has 3 N–H and O–H groups in total. The Hall–Kier alpha value is -1.36. The SMILES string of the molecule is CCCOc1cc(NCC(C)(C)CCN)ncn1. The smallest absolute Gasteiger partial charge is 0.218 e. The van der Waals surface area contributed by atoms with Crippen molar-refractivity contribution in [3.8, 4) is 5.88 Å². The molecule has 0 saturated carbocycles. The van der Waals surface area contributed by atoms with E-state index in [1.54, 1.807) is 0 Å². The van der Waals surface area contributed by atoms with E-state index in [1.165, 1.54) is 6.33 Å². The third-order valence-electron chi connectivity index (χ3n) is 2.67. The molecule has 0 aliphatic rings. The van der Waals surface area contributed by atoms with Crippen LogP contribution in [0.3, 0.4) is 0 Å². The number of nitrogens with two attached hydrogens (primary N) is 1. The van der Waals surface area contributed by atoms with Gasteiger partial charge in [0.25, 0.3) is 0 Å². The lowest BCUT2D eigenvalue weighted by Gasteiger charge is -2.24. The van der Waals surface area contributed by atoms with Gasteiger partial charge in [-0.25, -0.2) is 9.97 Å². The molecule has 0 aromatic carbocycles. The third-order valence-corrected chi connectivity index (χ3v) is 2.67. The zero-order valence-electron chi connectivity index (χ0n) is 11.6. The molecule has 0 aliphatic carbocycles. The van der Waals surface area contributed by atoms with Gasteiger partial charge in [0.05, 0.1) is 6.61 Å². The molecule has 1 heterocycles. The van der Waals surface area contributed by atoms with Crippen LogP contribution in [0.4, 0.5) is 5.82 Å². The van der Waals surface area contributed by atoms with Crippen molar-refractivity contribution >= 4 is 5.82 Å². The molecule has 18 heavy (non-hydrogen) atoms. The van der Waals surface area contributed by atoms with Crippen LogP contribution in [-0.4, -0.2) is 29.7 Å². The van der Waals surface area contributed by atoms with E-state index >= 15 is 0 Å². The minimum atomic E-state index is 0.157. The van der Waals surface area contributed by atoms with Crippen LogP contribution in [0.2, 0.25) is 0 Å². The van der Waals surface area contributed by atoms with E-state index in [0.29, 0.717) is 19.0 Å². The van der Waals surface area contributed by atoms with Gasteiger partial charge in [0, 0.05) is 12.6 Å². The van der Waals surface area contributed by atoms with Crippen molar-refractivity contribution in [1.29, 1.82) is 0 Å². The summed E-state index contributed by atoms with van der Waals surface area (Å²) in [5.74, 6) is 1.41. The predicted octanol–water partition coefficient (Wildman–Crippen LogP) is 2.05. The third kappa shape index (κ3) is 5.31. The van der Waals surface area contributed by atoms with Crippen molar-refractivity contribution in [3.05, 3.63) is 12.4 Å². The fourth-order valence-corrected chi connectivity index (χ4v) is 1.53. The topological polar surface area (TPSA) is 73.1 Å². The zero-order valence-corrected chi connectivity index (χ0v) is 11.6. The van der Waals surface area contributed by atoms with Crippen LogP contribution in [0.1, 0.15) is 33.6 Å². The van der Waals surface area contributed by atoms with Crippen LogP contribution in [0.15, 0.2) is 12.4 Å². The Balaban J connectivity index is 2.51. The quantitative estimate of drug-likeness (QED) is 0.741. The summed E-state index contributed by atoms with van der Waals surface area (Å²) in [6, 6.07) is 1.83. The van der Waals surface area contributed by atoms with Gasteiger partial charge in [-0.1, -0.05) is 20.8 Å². The molecule has 0 unspecified atom stereocenters. The number of anilines is 1. The lowest BCUT2D eigenvalue weighted by atomic mass is 9.89. The first-order valence-corrected chi connectivity index (χ1v) is 6.46. The van der Waals surface area contributed by atoms with Crippen LogP contribution >= 0.6 is 0 Å². The van der Waals surface area contributed by atoms with Crippen LogP contribution in [0, 0.1) is 5.41 Å². The molecule has 0 saturated heterocycles. The zero-order chi connectivity index (χ0) is 13.4. The second-order valence-electron chi connectivity index (χ2n) is 5.15. The average Bonchev–Trinajstić information content (AvgIpc) is 2.35. The Morgan fingerprint density at radius 3 is 2.83 bits per heavy atom. The molecule has 1 aromatic rings. The Labute approximate surface area is 109 Å². The Bertz CT molecular complexity index is 355. The number of nitrogens with zero attached hydrogens (tertiary/aromatic N) is 2. The lowest BCUT2D eigenvalue weighted by molar-refractivity contribution is 0.304. The summed E-state index contributed by atoms with van der Waals surface area (Å²) in [6.07, 6.45) is 3.46. The maximum atomic E-state index is 5.59. The maximum Gasteiger partial charge on any atom is 0.218 e. The summed E-state index contributed by atoms with van der Waals surface area (Å²) in [5, 5.41) is 3.30. The normalized spacial score (nSPS) is 11.3. The number of nitrogens with one attached hydrogen (secondary N) is 1. The molecule has 0 spiro atoms. The monoisotopic (exact) mass is 252 g/mol. The predicted molar refractivity (Wildman–Crippen MR) is 73.8 cm³/mol. The van der Waals surface area contributed by atoms with Gasteiger partial charge in [0.1, 0.15) is 12.1 Å². The van der Waals surface area contributed by atoms with Crippen LogP contribution in [0.5, 0.6) is 5.88 Å². The van der Waals surface area contributed by atoms with Crippen molar-refractivity contribution < 1.29 is 4.74 Å². The second kappa shape index (κ2) is 7.16. The van der Waals surface area contributed by atoms with E-state index in [0.717, 1.165) is 25.2 Å². The number of hydrogen-bond acceptors (Lipinski definition) is 5. The molecule has 0 aliphatic heterocycles. The van der Waals surface area contributed by atoms with Crippen LogP contribution in [0.25, 0.3) is 0 Å². The summed E-state index contributed by atoms with van der Waals surface area (Å²) in [7, 11) is 0. The second-order valence-corrected chi connectivity index (χ2v) is 5.15. The van der Waals surface area contributed by atoms with Gasteiger partial charge in [-0.15, -0.1) is 0 Å². The summed E-state index contributed by atoms with van der Waals surface area (Å²) < 4.78 is 5.46. The average molecular weight is 252 g/mol. The van der Waals surface area contributed by atoms with Gasteiger partial charge in [-0.3, -0.25) is 0 Å². The fraction of sp³-hybridized carbons (Fsp3) is 0.692. The molecule has 1 rings (SSSR count). The van der Waals surface area contributed by atoms with Crippen LogP contribution < -0.4 is 15.8 Å². The summed E-state index contributed by atoms with van der Waals surface area (Å²) in [5.41, 5.74) is 5.75. The van der Waals surface area contributed by atoms with Gasteiger partial charge < -0.3 is 15.8 Å². The first kappa shape index (κ1) is 14.7. The van der Waals surface area contributed by atoms with Crippen LogP contribution in [-0.2, 0) is 0 Å². The highest BCUT2D eigenvalue weighted by Gasteiger charge is 2.16. The van der Waals surface area contributed by atoms with Crippen molar-refractivity contribution in [3.63, 3.8) is 0 Å². The van der Waals surface area contributed by atoms with Gasteiger partial charge in [0.2, 0.25) is 5.88 Å². The van der Waals surface area contributed by atoms with E-state index in [-0.39, 0.29) is 5.41 Å². The molecule has 0 radical (unpaired) electrons. The molecule has 0 fully saturated rings. The highest BCUT2D eigenvalue weighted by molar-refractivity contribution is 5.37. The van der Waals surface area contributed by atoms with Gasteiger partial charge >= 0.3 is 0 Å². The first-order valence-electron chi connectivity index (χ1n) is 6.46. The molecule has 1 aromatic heterocycles. The minimum Gasteiger partial charge on any atom is -0.478 e. The van der Waals surface area contributed by atoms with E-state index in [9.17, 15) is 0 Å². The standard InChI is InChI=1S/C13H24N4O/c1-4-7-18-12-8-11(16-10-17-12)15-9-13(2,3)5-6-14/h8,10H,4-7,9,14H2,1-3H3,(H,15,16,17). The van der Waals surface area contributed by atoms with Gasteiger partial charge in [-0.2, -0.15) is 0 Å². The number of aromatic nitrogens is 2. The van der Waals surface area contributed by atoms with Crippen molar-refractivity contribution in [2.24, 2.45) is 11.1 Å². The Kier molecular flexibility index (Phi) is 5.85. The Morgan fingerprint density at radius 2 is 2.17 bits per heavy atom. The molecule has 0 bridgehead atoms. The van der Waals surface area contributed by atoms with Crippen molar-refractivity contribution in [2.45, 2.75) is 33.6 Å². The molecule has 0 atom stereocenters. The molecule has 102 valence electrons. The number of ether oxygens (including phenoxy) is 1. The van der Waals surface area contributed by atoms with E-state index in [4.69, 9.17) is 10.5 Å². The molecule has 5 heteroatoms. The summed E-state index contributed by atoms with van der Waals surface area (Å²) in [4.78, 5) is 8.24. The maximum absolute atomic E-state index is 5.59. The molecule has 0 amide bonds. The Morgan fingerprint density at radius 1 is 1.39 bits per heavy atom. The van der Waals surface area contributed by atoms with Gasteiger partial charge in [0.15, 0.2) is 0 Å². The van der Waals surface area contributed by atoms with E-state index in [1.807, 2.05) is 6.07 Å². The summed E-state index contributed by atoms with van der Waals surface area (Å²) >= 11 is 0. The largest absolute Gasteiger partial charge is 0.478 e. The highest BCUT2D eigenvalue weighted by Crippen LogP contribution is 2.20. The summed E-state index contributed by atoms with van der Waals surface area (Å²) in [6.45, 7) is 8.63. The molecular formula is C13H24N4O. The van der Waals surface area contributed by atoms with Crippen molar-refractivity contribution in [2.75, 3.05) is 25.0 Å². The molecule has 5 nitrogen and oxygen atoms in total. The minimum absolute atomic E-state index is 0.157. The first-order chi connectivity index (χ1) is 8.57. The highest BCUT2D eigenvalue weighted by atomic mass is 16.5. The van der Waals surface area contributed by atoms with Gasteiger partial charge in [-0.05, 0) is 24.8 Å². The van der Waals surface area contributed by atoms with E-state index < -0.39 is 0 Å². The number of hydrogen-bond donors (Lipinski definition) is 2. The lowest BCUT2D eigenvalue weighted by Crippen LogP contribution is -2.26. The molecular weight excluding hydrogens is 228 g/mol. The van der Waals surface area contributed by atoms with Crippen molar-refractivity contribution in [1.82, 2.24) is 9.97 Å². The number of rotatable bonds is 8.